The van der Waals surface area contributed by atoms with Crippen molar-refractivity contribution in [1.82, 2.24) is 9.27 Å². The maximum Gasteiger partial charge on any atom is 0.268 e. The van der Waals surface area contributed by atoms with Gasteiger partial charge in [-0.05, 0) is 31.9 Å². The van der Waals surface area contributed by atoms with E-state index in [2.05, 4.69) is 5.32 Å². The minimum absolute atomic E-state index is 0.0490. The molecule has 20 heavy (non-hydrogen) atoms. The summed E-state index contributed by atoms with van der Waals surface area (Å²) in [5.41, 5.74) is 0.0490. The molecule has 0 radical (unpaired) electrons. The molecule has 1 heterocycles. The SMILES string of the molecule is CCC(C)NC(=O)CCCn1sc2ccccc2c1=O. The van der Waals surface area contributed by atoms with Crippen molar-refractivity contribution in [2.75, 3.05) is 0 Å². The Labute approximate surface area is 122 Å². The second kappa shape index (κ2) is 6.70. The molecule has 0 spiro atoms. The number of aryl methyl sites for hydroxylation is 1. The van der Waals surface area contributed by atoms with Crippen molar-refractivity contribution < 1.29 is 4.79 Å². The molecule has 0 fully saturated rings. The van der Waals surface area contributed by atoms with Crippen LogP contribution in [0.3, 0.4) is 0 Å². The van der Waals surface area contributed by atoms with Gasteiger partial charge in [0.2, 0.25) is 5.91 Å². The van der Waals surface area contributed by atoms with Crippen LogP contribution in [0.5, 0.6) is 0 Å². The molecule has 0 bridgehead atoms. The fraction of sp³-hybridized carbons (Fsp3) is 0.467. The molecule has 0 saturated heterocycles. The molecule has 0 aliphatic rings. The van der Waals surface area contributed by atoms with Crippen molar-refractivity contribution in [2.24, 2.45) is 0 Å². The van der Waals surface area contributed by atoms with Gasteiger partial charge in [-0.15, -0.1) is 0 Å². The molecule has 5 heteroatoms. The van der Waals surface area contributed by atoms with Crippen molar-refractivity contribution in [3.05, 3.63) is 34.6 Å². The Balaban J connectivity index is 1.92. The summed E-state index contributed by atoms with van der Waals surface area (Å²) in [4.78, 5) is 23.8. The fourth-order valence-electron chi connectivity index (χ4n) is 2.00. The van der Waals surface area contributed by atoms with Crippen LogP contribution in [0, 0.1) is 0 Å². The number of carbonyl (C=O) groups excluding carboxylic acids is 1. The third-order valence-electron chi connectivity index (χ3n) is 3.34. The van der Waals surface area contributed by atoms with E-state index in [4.69, 9.17) is 0 Å². The highest BCUT2D eigenvalue weighted by Crippen LogP contribution is 2.16. The molecule has 1 N–H and O–H groups in total. The second-order valence-electron chi connectivity index (χ2n) is 4.98. The summed E-state index contributed by atoms with van der Waals surface area (Å²) in [5, 5.41) is 3.70. The van der Waals surface area contributed by atoms with Gasteiger partial charge >= 0.3 is 0 Å². The highest BCUT2D eigenvalue weighted by molar-refractivity contribution is 7.13. The maximum atomic E-state index is 12.1. The largest absolute Gasteiger partial charge is 0.354 e. The normalized spacial score (nSPS) is 12.5. The molecule has 108 valence electrons. The molecule has 2 rings (SSSR count). The molecule has 0 aliphatic heterocycles. The van der Waals surface area contributed by atoms with Gasteiger partial charge in [0.25, 0.3) is 5.56 Å². The van der Waals surface area contributed by atoms with E-state index in [1.54, 1.807) is 3.96 Å². The van der Waals surface area contributed by atoms with E-state index in [-0.39, 0.29) is 17.5 Å². The van der Waals surface area contributed by atoms with Gasteiger partial charge in [-0.2, -0.15) is 0 Å². The van der Waals surface area contributed by atoms with Crippen LogP contribution in [0.25, 0.3) is 10.1 Å². The summed E-state index contributed by atoms with van der Waals surface area (Å²) in [6.45, 7) is 4.64. The summed E-state index contributed by atoms with van der Waals surface area (Å²) >= 11 is 1.47. The van der Waals surface area contributed by atoms with Crippen LogP contribution < -0.4 is 10.9 Å². The molecular formula is C15H20N2O2S. The summed E-state index contributed by atoms with van der Waals surface area (Å²) in [6.07, 6.45) is 2.08. The number of amides is 1. The summed E-state index contributed by atoms with van der Waals surface area (Å²) in [6, 6.07) is 7.82. The minimum Gasteiger partial charge on any atom is -0.354 e. The Hall–Kier alpha value is -1.62. The summed E-state index contributed by atoms with van der Waals surface area (Å²) in [5.74, 6) is 0.0634. The molecule has 1 aromatic heterocycles. The van der Waals surface area contributed by atoms with E-state index in [0.29, 0.717) is 19.4 Å². The van der Waals surface area contributed by atoms with Gasteiger partial charge in [-0.25, -0.2) is 0 Å². The van der Waals surface area contributed by atoms with Crippen molar-refractivity contribution in [3.63, 3.8) is 0 Å². The van der Waals surface area contributed by atoms with Crippen LogP contribution in [0.15, 0.2) is 29.1 Å². The average molecular weight is 292 g/mol. The molecule has 1 aromatic carbocycles. The van der Waals surface area contributed by atoms with Gasteiger partial charge in [0.1, 0.15) is 0 Å². The van der Waals surface area contributed by atoms with Gasteiger partial charge in [0, 0.05) is 19.0 Å². The van der Waals surface area contributed by atoms with Gasteiger partial charge in [-0.3, -0.25) is 13.5 Å². The van der Waals surface area contributed by atoms with Crippen LogP contribution in [0.4, 0.5) is 0 Å². The Morgan fingerprint density at radius 1 is 1.40 bits per heavy atom. The molecule has 1 amide bonds. The maximum absolute atomic E-state index is 12.1. The second-order valence-corrected chi connectivity index (χ2v) is 6.04. The number of aromatic nitrogens is 1. The monoisotopic (exact) mass is 292 g/mol. The number of nitrogens with one attached hydrogen (secondary N) is 1. The van der Waals surface area contributed by atoms with E-state index < -0.39 is 0 Å². The number of rotatable bonds is 6. The van der Waals surface area contributed by atoms with Crippen LogP contribution in [-0.4, -0.2) is 15.9 Å². The third kappa shape index (κ3) is 3.48. The van der Waals surface area contributed by atoms with E-state index in [1.807, 2.05) is 38.1 Å². The first-order valence-electron chi connectivity index (χ1n) is 7.00. The van der Waals surface area contributed by atoms with Gasteiger partial charge < -0.3 is 5.32 Å². The number of fused-ring (bicyclic) bond motifs is 1. The van der Waals surface area contributed by atoms with Crippen LogP contribution in [0.1, 0.15) is 33.1 Å². The van der Waals surface area contributed by atoms with Gasteiger partial charge in [0.15, 0.2) is 0 Å². The molecule has 0 aliphatic carbocycles. The molecule has 1 unspecified atom stereocenters. The Morgan fingerprint density at radius 3 is 2.85 bits per heavy atom. The first-order chi connectivity index (χ1) is 9.61. The molecule has 4 nitrogen and oxygen atoms in total. The number of carbonyl (C=O) groups is 1. The number of hydrogen-bond donors (Lipinski definition) is 1. The molecule has 0 saturated carbocycles. The lowest BCUT2D eigenvalue weighted by Gasteiger charge is -2.10. The van der Waals surface area contributed by atoms with Crippen LogP contribution in [0.2, 0.25) is 0 Å². The summed E-state index contributed by atoms with van der Waals surface area (Å²) < 4.78 is 2.74. The van der Waals surface area contributed by atoms with Gasteiger partial charge in [0.05, 0.1) is 10.1 Å². The fourth-order valence-corrected chi connectivity index (χ4v) is 3.03. The lowest BCUT2D eigenvalue weighted by atomic mass is 10.2. The zero-order valence-electron chi connectivity index (χ0n) is 11.9. The number of nitrogens with zero attached hydrogens (tertiary/aromatic N) is 1. The van der Waals surface area contributed by atoms with Crippen molar-refractivity contribution in [2.45, 2.75) is 45.7 Å². The van der Waals surface area contributed by atoms with E-state index in [1.165, 1.54) is 11.5 Å². The lowest BCUT2D eigenvalue weighted by Crippen LogP contribution is -2.31. The van der Waals surface area contributed by atoms with Gasteiger partial charge in [-0.1, -0.05) is 30.6 Å². The number of benzene rings is 1. The highest BCUT2D eigenvalue weighted by Gasteiger charge is 2.08. The zero-order chi connectivity index (χ0) is 14.5. The van der Waals surface area contributed by atoms with E-state index in [0.717, 1.165) is 16.5 Å². The van der Waals surface area contributed by atoms with E-state index in [9.17, 15) is 9.59 Å². The van der Waals surface area contributed by atoms with E-state index >= 15 is 0 Å². The van der Waals surface area contributed by atoms with Crippen molar-refractivity contribution >= 4 is 27.5 Å². The standard InChI is InChI=1S/C15H20N2O2S/c1-3-11(2)16-14(18)9-6-10-17-15(19)12-7-4-5-8-13(12)20-17/h4-5,7-8,11H,3,6,9-10H2,1-2H3,(H,16,18). The summed E-state index contributed by atoms with van der Waals surface area (Å²) in [7, 11) is 0. The number of hydrogen-bond acceptors (Lipinski definition) is 3. The Morgan fingerprint density at radius 2 is 2.15 bits per heavy atom. The zero-order valence-corrected chi connectivity index (χ0v) is 12.7. The topological polar surface area (TPSA) is 51.1 Å². The highest BCUT2D eigenvalue weighted by atomic mass is 32.1. The predicted octanol–water partition coefficient (Wildman–Crippen LogP) is 2.76. The van der Waals surface area contributed by atoms with Crippen LogP contribution in [-0.2, 0) is 11.3 Å². The Bertz CT molecular complexity index is 645. The Kier molecular flexibility index (Phi) is 4.95. The molecular weight excluding hydrogens is 272 g/mol. The van der Waals surface area contributed by atoms with Crippen molar-refractivity contribution in [3.8, 4) is 0 Å². The minimum atomic E-state index is 0.0490. The quantitative estimate of drug-likeness (QED) is 0.890. The lowest BCUT2D eigenvalue weighted by molar-refractivity contribution is -0.121. The third-order valence-corrected chi connectivity index (χ3v) is 4.46. The first kappa shape index (κ1) is 14.8. The molecule has 1 atom stereocenters. The average Bonchev–Trinajstić information content (AvgIpc) is 2.76. The molecule has 2 aromatic rings. The smallest absolute Gasteiger partial charge is 0.268 e. The first-order valence-corrected chi connectivity index (χ1v) is 7.77. The van der Waals surface area contributed by atoms with Crippen LogP contribution >= 0.6 is 11.5 Å². The van der Waals surface area contributed by atoms with Crippen molar-refractivity contribution in [1.29, 1.82) is 0 Å². The predicted molar refractivity (Wildman–Crippen MR) is 83.2 cm³/mol.